The van der Waals surface area contributed by atoms with Crippen LogP contribution in [0.1, 0.15) is 29.1 Å². The number of aromatic nitrogens is 1. The number of carbonyl (C=O) groups is 1. The van der Waals surface area contributed by atoms with Crippen LogP contribution in [0.25, 0.3) is 11.3 Å². The molecule has 0 bridgehead atoms. The van der Waals surface area contributed by atoms with Gasteiger partial charge in [-0.25, -0.2) is 17.9 Å². The van der Waals surface area contributed by atoms with Gasteiger partial charge in [0.1, 0.15) is 11.3 Å². The van der Waals surface area contributed by atoms with Crippen molar-refractivity contribution in [1.29, 1.82) is 0 Å². The van der Waals surface area contributed by atoms with Gasteiger partial charge in [0.2, 0.25) is 10.0 Å². The fraction of sp³-hybridized carbons (Fsp3) is 0.231. The summed E-state index contributed by atoms with van der Waals surface area (Å²) in [6.45, 7) is 1.49. The zero-order valence-corrected chi connectivity index (χ0v) is 12.2. The molecule has 2 aromatic rings. The number of carboxylic acid groups (broad SMARTS) is 1. The number of carboxylic acids is 1. The minimum atomic E-state index is -3.50. The monoisotopic (exact) mass is 310 g/mol. The molecule has 112 valence electrons. The first-order chi connectivity index (χ1) is 9.79. The summed E-state index contributed by atoms with van der Waals surface area (Å²) in [7, 11) is -3.50. The summed E-state index contributed by atoms with van der Waals surface area (Å²) >= 11 is 0. The highest BCUT2D eigenvalue weighted by atomic mass is 32.2. The van der Waals surface area contributed by atoms with E-state index >= 15 is 0 Å². The van der Waals surface area contributed by atoms with Crippen LogP contribution in [-0.4, -0.2) is 30.9 Å². The lowest BCUT2D eigenvalue weighted by atomic mass is 10.0. The normalized spacial score (nSPS) is 13.0. The third-order valence-electron chi connectivity index (χ3n) is 2.76. The zero-order chi connectivity index (χ0) is 15.6. The van der Waals surface area contributed by atoms with E-state index in [4.69, 9.17) is 4.52 Å². The molecule has 0 amide bonds. The van der Waals surface area contributed by atoms with Gasteiger partial charge in [-0.1, -0.05) is 35.5 Å². The Labute approximate surface area is 121 Å². The van der Waals surface area contributed by atoms with Crippen LogP contribution in [0.15, 0.2) is 34.9 Å². The van der Waals surface area contributed by atoms with Crippen LogP contribution >= 0.6 is 0 Å². The molecule has 0 aliphatic rings. The molecule has 0 fully saturated rings. The van der Waals surface area contributed by atoms with Crippen LogP contribution in [0.5, 0.6) is 0 Å². The minimum absolute atomic E-state index is 0.0354. The van der Waals surface area contributed by atoms with Crippen molar-refractivity contribution >= 4 is 16.0 Å². The van der Waals surface area contributed by atoms with E-state index in [0.29, 0.717) is 5.56 Å². The van der Waals surface area contributed by atoms with Gasteiger partial charge in [-0.3, -0.25) is 0 Å². The Morgan fingerprint density at radius 2 is 1.95 bits per heavy atom. The van der Waals surface area contributed by atoms with Crippen molar-refractivity contribution in [3.05, 3.63) is 41.7 Å². The van der Waals surface area contributed by atoms with Crippen molar-refractivity contribution in [2.75, 3.05) is 6.26 Å². The standard InChI is InChI=1S/C13H14N2O5S/c1-8(15-21(2,18)19)12-10(13(16)17)11(14-20-12)9-6-4-3-5-7-9/h3-8,15H,1-2H3,(H,16,17)/t8-/m1/s1. The van der Waals surface area contributed by atoms with Crippen LogP contribution < -0.4 is 4.72 Å². The van der Waals surface area contributed by atoms with Crippen molar-refractivity contribution in [1.82, 2.24) is 9.88 Å². The minimum Gasteiger partial charge on any atom is -0.477 e. The zero-order valence-electron chi connectivity index (χ0n) is 11.4. The van der Waals surface area contributed by atoms with Gasteiger partial charge in [0.05, 0.1) is 12.3 Å². The Morgan fingerprint density at radius 3 is 2.48 bits per heavy atom. The SMILES string of the molecule is C[C@@H](NS(C)(=O)=O)c1onc(-c2ccccc2)c1C(=O)O. The molecular formula is C13H14N2O5S. The van der Waals surface area contributed by atoms with E-state index in [1.165, 1.54) is 6.92 Å². The molecule has 21 heavy (non-hydrogen) atoms. The average Bonchev–Trinajstić information content (AvgIpc) is 2.82. The summed E-state index contributed by atoms with van der Waals surface area (Å²) < 4.78 is 29.8. The molecule has 0 spiro atoms. The van der Waals surface area contributed by atoms with Crippen molar-refractivity contribution in [2.45, 2.75) is 13.0 Å². The summed E-state index contributed by atoms with van der Waals surface area (Å²) in [5, 5.41) is 13.1. The second-order valence-electron chi connectivity index (χ2n) is 4.55. The smallest absolute Gasteiger partial charge is 0.341 e. The number of nitrogens with one attached hydrogen (secondary N) is 1. The first kappa shape index (κ1) is 15.2. The van der Waals surface area contributed by atoms with Gasteiger partial charge < -0.3 is 9.63 Å². The van der Waals surface area contributed by atoms with Gasteiger partial charge in [0.15, 0.2) is 5.76 Å². The number of hydrogen-bond acceptors (Lipinski definition) is 5. The Bertz CT molecular complexity index is 752. The van der Waals surface area contributed by atoms with E-state index in [2.05, 4.69) is 9.88 Å². The Balaban J connectivity index is 2.50. The second kappa shape index (κ2) is 5.66. The van der Waals surface area contributed by atoms with E-state index in [0.717, 1.165) is 6.26 Å². The molecule has 1 atom stereocenters. The quantitative estimate of drug-likeness (QED) is 0.869. The number of nitrogens with zero attached hydrogens (tertiary/aromatic N) is 1. The van der Waals surface area contributed by atoms with Crippen LogP contribution in [0.2, 0.25) is 0 Å². The molecule has 0 saturated carbocycles. The molecular weight excluding hydrogens is 296 g/mol. The van der Waals surface area contributed by atoms with Crippen LogP contribution in [0.3, 0.4) is 0 Å². The maximum atomic E-state index is 11.5. The van der Waals surface area contributed by atoms with Crippen molar-refractivity contribution in [2.24, 2.45) is 0 Å². The van der Waals surface area contributed by atoms with Gasteiger partial charge in [-0.2, -0.15) is 0 Å². The lowest BCUT2D eigenvalue weighted by Crippen LogP contribution is -2.26. The van der Waals surface area contributed by atoms with Gasteiger partial charge in [-0.05, 0) is 6.92 Å². The van der Waals surface area contributed by atoms with Crippen LogP contribution in [-0.2, 0) is 10.0 Å². The summed E-state index contributed by atoms with van der Waals surface area (Å²) in [6.07, 6.45) is 0.985. The second-order valence-corrected chi connectivity index (χ2v) is 6.33. The van der Waals surface area contributed by atoms with Gasteiger partial charge >= 0.3 is 5.97 Å². The number of benzene rings is 1. The van der Waals surface area contributed by atoms with E-state index in [9.17, 15) is 18.3 Å². The van der Waals surface area contributed by atoms with Crippen molar-refractivity contribution in [3.8, 4) is 11.3 Å². The van der Waals surface area contributed by atoms with E-state index in [1.54, 1.807) is 30.3 Å². The highest BCUT2D eigenvalue weighted by Crippen LogP contribution is 2.29. The largest absolute Gasteiger partial charge is 0.477 e. The van der Waals surface area contributed by atoms with Crippen molar-refractivity contribution < 1.29 is 22.8 Å². The first-order valence-electron chi connectivity index (χ1n) is 6.05. The summed E-state index contributed by atoms with van der Waals surface area (Å²) in [5.74, 6) is -1.26. The maximum Gasteiger partial charge on any atom is 0.341 e. The molecule has 2 N–H and O–H groups in total. The Morgan fingerprint density at radius 1 is 1.33 bits per heavy atom. The maximum absolute atomic E-state index is 11.5. The van der Waals surface area contributed by atoms with Gasteiger partial charge in [-0.15, -0.1) is 0 Å². The Kier molecular flexibility index (Phi) is 4.10. The Hall–Kier alpha value is -2.19. The first-order valence-corrected chi connectivity index (χ1v) is 7.94. The molecule has 1 aromatic carbocycles. The third-order valence-corrected chi connectivity index (χ3v) is 3.55. The van der Waals surface area contributed by atoms with Crippen LogP contribution in [0.4, 0.5) is 0 Å². The number of rotatable bonds is 5. The van der Waals surface area contributed by atoms with E-state index < -0.39 is 22.0 Å². The third kappa shape index (κ3) is 3.47. The molecule has 0 aliphatic carbocycles. The van der Waals surface area contributed by atoms with Gasteiger partial charge in [0, 0.05) is 5.56 Å². The molecule has 0 saturated heterocycles. The molecule has 7 nitrogen and oxygen atoms in total. The fourth-order valence-electron chi connectivity index (χ4n) is 1.97. The highest BCUT2D eigenvalue weighted by Gasteiger charge is 2.28. The predicted molar refractivity (Wildman–Crippen MR) is 75.3 cm³/mol. The molecule has 1 aromatic heterocycles. The molecule has 2 rings (SSSR count). The molecule has 1 heterocycles. The summed E-state index contributed by atoms with van der Waals surface area (Å²) in [4.78, 5) is 11.5. The molecule has 0 radical (unpaired) electrons. The molecule has 8 heteroatoms. The number of hydrogen-bond donors (Lipinski definition) is 2. The summed E-state index contributed by atoms with van der Waals surface area (Å²) in [5.41, 5.74) is 0.599. The average molecular weight is 310 g/mol. The van der Waals surface area contributed by atoms with Crippen molar-refractivity contribution in [3.63, 3.8) is 0 Å². The number of aromatic carboxylic acids is 1. The fourth-order valence-corrected chi connectivity index (χ4v) is 2.72. The topological polar surface area (TPSA) is 110 Å². The summed E-state index contributed by atoms with van der Waals surface area (Å²) in [6, 6.07) is 7.83. The lowest BCUT2D eigenvalue weighted by molar-refractivity contribution is 0.0694. The van der Waals surface area contributed by atoms with Gasteiger partial charge in [0.25, 0.3) is 0 Å². The van der Waals surface area contributed by atoms with Crippen LogP contribution in [0, 0.1) is 0 Å². The lowest BCUT2D eigenvalue weighted by Gasteiger charge is -2.09. The predicted octanol–water partition coefficient (Wildman–Crippen LogP) is 1.65. The number of sulfonamides is 1. The van der Waals surface area contributed by atoms with E-state index in [1.807, 2.05) is 0 Å². The molecule has 0 aliphatic heterocycles. The molecule has 0 unspecified atom stereocenters. The van der Waals surface area contributed by atoms with E-state index in [-0.39, 0.29) is 17.0 Å². The highest BCUT2D eigenvalue weighted by molar-refractivity contribution is 7.88.